The van der Waals surface area contributed by atoms with Crippen LogP contribution in [0.4, 0.5) is 0 Å². The number of amides is 1. The second kappa shape index (κ2) is 6.83. The zero-order valence-electron chi connectivity index (χ0n) is 13.2. The molecule has 0 saturated carbocycles. The van der Waals surface area contributed by atoms with E-state index in [1.807, 2.05) is 38.1 Å². The molecule has 1 amide bonds. The van der Waals surface area contributed by atoms with Crippen molar-refractivity contribution in [1.82, 2.24) is 15.1 Å². The van der Waals surface area contributed by atoms with Crippen molar-refractivity contribution in [3.8, 4) is 5.75 Å². The normalized spacial score (nSPS) is 10.8. The lowest BCUT2D eigenvalue weighted by Crippen LogP contribution is -2.23. The van der Waals surface area contributed by atoms with Crippen molar-refractivity contribution >= 4 is 17.5 Å². The Morgan fingerprint density at radius 3 is 2.50 bits per heavy atom. The second-order valence-corrected chi connectivity index (χ2v) is 5.73. The summed E-state index contributed by atoms with van der Waals surface area (Å²) in [5.41, 5.74) is 2.02. The van der Waals surface area contributed by atoms with E-state index in [0.29, 0.717) is 23.0 Å². The summed E-state index contributed by atoms with van der Waals surface area (Å²) >= 11 is 6.08. The highest BCUT2D eigenvalue weighted by Crippen LogP contribution is 2.19. The average molecular weight is 322 g/mol. The maximum atomic E-state index is 12.2. The third-order valence-corrected chi connectivity index (χ3v) is 3.56. The quantitative estimate of drug-likeness (QED) is 0.920. The average Bonchev–Trinajstić information content (AvgIpc) is 2.70. The van der Waals surface area contributed by atoms with Crippen LogP contribution < -0.4 is 10.1 Å². The smallest absolute Gasteiger partial charge is 0.256 e. The molecule has 0 aliphatic carbocycles. The van der Waals surface area contributed by atoms with E-state index < -0.39 is 0 Å². The Labute approximate surface area is 135 Å². The number of aryl methyl sites for hydroxylation is 2. The van der Waals surface area contributed by atoms with Gasteiger partial charge in [0, 0.05) is 13.6 Å². The molecule has 0 fully saturated rings. The molecular formula is C16H20ClN3O2. The van der Waals surface area contributed by atoms with E-state index in [9.17, 15) is 4.79 Å². The third-order valence-electron chi connectivity index (χ3n) is 3.13. The third kappa shape index (κ3) is 3.80. The van der Waals surface area contributed by atoms with Gasteiger partial charge in [0.1, 0.15) is 10.9 Å². The molecular weight excluding hydrogens is 302 g/mol. The lowest BCUT2D eigenvalue weighted by molar-refractivity contribution is 0.0950. The first-order valence-electron chi connectivity index (χ1n) is 7.11. The number of hydrogen-bond acceptors (Lipinski definition) is 3. The van der Waals surface area contributed by atoms with Crippen LogP contribution in [-0.2, 0) is 13.6 Å². The van der Waals surface area contributed by atoms with Crippen molar-refractivity contribution in [2.24, 2.45) is 7.05 Å². The molecule has 1 aromatic heterocycles. The summed E-state index contributed by atoms with van der Waals surface area (Å²) in [4.78, 5) is 12.2. The van der Waals surface area contributed by atoms with Gasteiger partial charge < -0.3 is 10.1 Å². The Bertz CT molecular complexity index is 663. The molecule has 0 saturated heterocycles. The molecule has 2 aromatic rings. The van der Waals surface area contributed by atoms with Crippen LogP contribution in [0.25, 0.3) is 0 Å². The Kier molecular flexibility index (Phi) is 5.08. The molecule has 1 N–H and O–H groups in total. The highest BCUT2D eigenvalue weighted by atomic mass is 35.5. The SMILES string of the molecule is Cc1nn(C)c(Cl)c1C(=O)NCc1ccc(OC(C)C)cc1. The maximum Gasteiger partial charge on any atom is 0.256 e. The zero-order chi connectivity index (χ0) is 16.3. The van der Waals surface area contributed by atoms with Gasteiger partial charge in [-0.25, -0.2) is 0 Å². The molecule has 0 bridgehead atoms. The number of carbonyl (C=O) groups is 1. The van der Waals surface area contributed by atoms with Crippen LogP contribution in [0.5, 0.6) is 5.75 Å². The maximum absolute atomic E-state index is 12.2. The molecule has 1 aromatic carbocycles. The fraction of sp³-hybridized carbons (Fsp3) is 0.375. The molecule has 0 atom stereocenters. The number of hydrogen-bond donors (Lipinski definition) is 1. The molecule has 2 rings (SSSR count). The summed E-state index contributed by atoms with van der Waals surface area (Å²) in [5.74, 6) is 0.592. The number of aromatic nitrogens is 2. The van der Waals surface area contributed by atoms with Crippen LogP contribution >= 0.6 is 11.6 Å². The highest BCUT2D eigenvalue weighted by molar-refractivity contribution is 6.33. The van der Waals surface area contributed by atoms with Crippen LogP contribution in [-0.4, -0.2) is 21.8 Å². The zero-order valence-corrected chi connectivity index (χ0v) is 13.9. The van der Waals surface area contributed by atoms with Crippen LogP contribution in [0.3, 0.4) is 0 Å². The van der Waals surface area contributed by atoms with Gasteiger partial charge in [-0.15, -0.1) is 0 Å². The van der Waals surface area contributed by atoms with Crippen LogP contribution in [0.2, 0.25) is 5.15 Å². The molecule has 0 radical (unpaired) electrons. The van der Waals surface area contributed by atoms with Crippen LogP contribution in [0.1, 0.15) is 35.5 Å². The molecule has 1 heterocycles. The van der Waals surface area contributed by atoms with Gasteiger partial charge in [0.2, 0.25) is 0 Å². The van der Waals surface area contributed by atoms with Crippen LogP contribution in [0.15, 0.2) is 24.3 Å². The monoisotopic (exact) mass is 321 g/mol. The summed E-state index contributed by atoms with van der Waals surface area (Å²) in [6, 6.07) is 7.64. The molecule has 5 nitrogen and oxygen atoms in total. The van der Waals surface area contributed by atoms with Gasteiger partial charge in [-0.3, -0.25) is 9.48 Å². The number of carbonyl (C=O) groups excluding carboxylic acids is 1. The largest absolute Gasteiger partial charge is 0.491 e. The van der Waals surface area contributed by atoms with Gasteiger partial charge in [-0.1, -0.05) is 23.7 Å². The van der Waals surface area contributed by atoms with E-state index in [1.165, 1.54) is 4.68 Å². The van der Waals surface area contributed by atoms with Crippen molar-refractivity contribution in [2.45, 2.75) is 33.4 Å². The van der Waals surface area contributed by atoms with Crippen LogP contribution in [0, 0.1) is 6.92 Å². The van der Waals surface area contributed by atoms with Gasteiger partial charge in [0.25, 0.3) is 5.91 Å². The van der Waals surface area contributed by atoms with Crippen molar-refractivity contribution in [1.29, 1.82) is 0 Å². The molecule has 0 unspecified atom stereocenters. The minimum absolute atomic E-state index is 0.140. The van der Waals surface area contributed by atoms with Crippen molar-refractivity contribution < 1.29 is 9.53 Å². The summed E-state index contributed by atoms with van der Waals surface area (Å²) in [5, 5.41) is 7.33. The Morgan fingerprint density at radius 1 is 1.36 bits per heavy atom. The Balaban J connectivity index is 1.99. The molecule has 0 aliphatic rings. The van der Waals surface area contributed by atoms with E-state index in [2.05, 4.69) is 10.4 Å². The van der Waals surface area contributed by atoms with Crippen molar-refractivity contribution in [3.63, 3.8) is 0 Å². The lowest BCUT2D eigenvalue weighted by atomic mass is 10.2. The number of benzene rings is 1. The first-order valence-corrected chi connectivity index (χ1v) is 7.49. The fourth-order valence-corrected chi connectivity index (χ4v) is 2.38. The number of rotatable bonds is 5. The predicted molar refractivity (Wildman–Crippen MR) is 86.3 cm³/mol. The summed E-state index contributed by atoms with van der Waals surface area (Å²) in [7, 11) is 1.71. The Morgan fingerprint density at radius 2 is 2.00 bits per heavy atom. The van der Waals surface area contributed by atoms with E-state index in [0.717, 1.165) is 11.3 Å². The van der Waals surface area contributed by atoms with Gasteiger partial charge in [0.15, 0.2) is 0 Å². The number of ether oxygens (including phenoxy) is 1. The van der Waals surface area contributed by atoms with Gasteiger partial charge in [-0.2, -0.15) is 5.10 Å². The second-order valence-electron chi connectivity index (χ2n) is 5.37. The number of nitrogens with one attached hydrogen (secondary N) is 1. The minimum atomic E-state index is -0.224. The molecule has 6 heteroatoms. The first kappa shape index (κ1) is 16.4. The standard InChI is InChI=1S/C16H20ClN3O2/c1-10(2)22-13-7-5-12(6-8-13)9-18-16(21)14-11(3)19-20(4)15(14)17/h5-8,10H,9H2,1-4H3,(H,18,21). The van der Waals surface area contributed by atoms with Gasteiger partial charge in [-0.05, 0) is 38.5 Å². The molecule has 118 valence electrons. The van der Waals surface area contributed by atoms with E-state index in [4.69, 9.17) is 16.3 Å². The molecule has 0 spiro atoms. The number of nitrogens with zero attached hydrogens (tertiary/aromatic N) is 2. The van der Waals surface area contributed by atoms with Gasteiger partial charge >= 0.3 is 0 Å². The van der Waals surface area contributed by atoms with E-state index >= 15 is 0 Å². The molecule has 0 aliphatic heterocycles. The first-order chi connectivity index (χ1) is 10.4. The predicted octanol–water partition coefficient (Wildman–Crippen LogP) is 3.10. The van der Waals surface area contributed by atoms with Crippen molar-refractivity contribution in [3.05, 3.63) is 46.2 Å². The highest BCUT2D eigenvalue weighted by Gasteiger charge is 2.18. The summed E-state index contributed by atoms with van der Waals surface area (Å²) < 4.78 is 7.07. The fourth-order valence-electron chi connectivity index (χ4n) is 2.12. The van der Waals surface area contributed by atoms with E-state index in [1.54, 1.807) is 14.0 Å². The topological polar surface area (TPSA) is 56.2 Å². The van der Waals surface area contributed by atoms with Gasteiger partial charge in [0.05, 0.1) is 17.4 Å². The lowest BCUT2D eigenvalue weighted by Gasteiger charge is -2.10. The summed E-state index contributed by atoms with van der Waals surface area (Å²) in [6.45, 7) is 6.15. The minimum Gasteiger partial charge on any atom is -0.491 e. The number of halogens is 1. The van der Waals surface area contributed by atoms with Crippen molar-refractivity contribution in [2.75, 3.05) is 0 Å². The Hall–Kier alpha value is -2.01. The van der Waals surface area contributed by atoms with E-state index in [-0.39, 0.29) is 12.0 Å². The molecule has 22 heavy (non-hydrogen) atoms. The summed E-state index contributed by atoms with van der Waals surface area (Å²) in [6.07, 6.45) is 0.140.